The van der Waals surface area contributed by atoms with E-state index >= 15 is 0 Å². The summed E-state index contributed by atoms with van der Waals surface area (Å²) in [7, 11) is 0. The number of aliphatic carboxylic acids is 4. The van der Waals surface area contributed by atoms with E-state index < -0.39 is 23.9 Å². The lowest BCUT2D eigenvalue weighted by Gasteiger charge is -2.35. The second kappa shape index (κ2) is 17.5. The second-order valence-corrected chi connectivity index (χ2v) is 8.47. The predicted molar refractivity (Wildman–Crippen MR) is 134 cm³/mol. The lowest BCUT2D eigenvalue weighted by molar-refractivity contribution is -0.134. The summed E-state index contributed by atoms with van der Waals surface area (Å²) in [6.45, 7) is 5.83. The maximum absolute atomic E-state index is 10.2. The molecule has 1 fully saturated rings. The zero-order chi connectivity index (χ0) is 27.6. The molecule has 5 N–H and O–H groups in total. The summed E-state index contributed by atoms with van der Waals surface area (Å²) in [5.41, 5.74) is 1.27. The summed E-state index contributed by atoms with van der Waals surface area (Å²) >= 11 is 1.63. The van der Waals surface area contributed by atoms with Crippen molar-refractivity contribution in [2.75, 3.05) is 32.7 Å². The van der Waals surface area contributed by atoms with Gasteiger partial charge in [-0.15, -0.1) is 11.3 Å². The third kappa shape index (κ3) is 15.6. The number of thiophene rings is 1. The highest BCUT2D eigenvalue weighted by Gasteiger charge is 2.20. The molecule has 2 aromatic rings. The Bertz CT molecular complexity index is 969. The number of hydrogen-bond donors (Lipinski definition) is 5. The van der Waals surface area contributed by atoms with E-state index in [1.807, 2.05) is 36.0 Å². The monoisotopic (exact) mass is 535 g/mol. The van der Waals surface area contributed by atoms with Gasteiger partial charge in [0.25, 0.3) is 0 Å². The standard InChI is InChI=1S/C16H21N3OS.2C4H4O4/c20-15(16-4-2-10-21-16)13-19-8-6-18(7-9-19)12-14-3-1-5-17-11-14;2*5-3(6)1-2-4(7)8/h1-5,10-11,15,20H,6-9,12-13H2;2*1-2H,(H,5,6)(H,7,8)/b;2*2-1-. The molecule has 0 aromatic carbocycles. The molecule has 0 aliphatic carbocycles. The van der Waals surface area contributed by atoms with Gasteiger partial charge in [0.2, 0.25) is 0 Å². The molecule has 12 nitrogen and oxygen atoms in total. The van der Waals surface area contributed by atoms with E-state index in [4.69, 9.17) is 20.4 Å². The SMILES string of the molecule is O=C(O)/C=C\C(=O)O.O=C(O)/C=C\C(=O)O.OC(CN1CCN(Cc2cccnc2)CC1)c1cccs1. The minimum absolute atomic E-state index is 0.352. The van der Waals surface area contributed by atoms with Crippen molar-refractivity contribution in [3.63, 3.8) is 0 Å². The number of carboxylic acids is 4. The molecule has 13 heteroatoms. The van der Waals surface area contributed by atoms with E-state index in [1.165, 1.54) is 5.56 Å². The molecule has 0 amide bonds. The third-order valence-electron chi connectivity index (χ3n) is 4.63. The van der Waals surface area contributed by atoms with Crippen molar-refractivity contribution in [3.8, 4) is 0 Å². The number of β-amino-alcohol motifs (C(OH)–C–C–N with tert-alkyl or cyclic N) is 1. The fourth-order valence-corrected chi connectivity index (χ4v) is 3.68. The van der Waals surface area contributed by atoms with Crippen LogP contribution in [0, 0.1) is 0 Å². The van der Waals surface area contributed by atoms with Crippen molar-refractivity contribution in [1.82, 2.24) is 14.8 Å². The highest BCUT2D eigenvalue weighted by Crippen LogP contribution is 2.20. The van der Waals surface area contributed by atoms with E-state index in [0.29, 0.717) is 24.3 Å². The first-order valence-corrected chi connectivity index (χ1v) is 11.8. The molecule has 0 spiro atoms. The van der Waals surface area contributed by atoms with E-state index in [-0.39, 0.29) is 6.10 Å². The minimum atomic E-state index is -1.26. The maximum Gasteiger partial charge on any atom is 0.328 e. The zero-order valence-corrected chi connectivity index (χ0v) is 20.6. The first-order chi connectivity index (χ1) is 17.6. The van der Waals surface area contributed by atoms with E-state index in [2.05, 4.69) is 20.9 Å². The number of piperazine rings is 1. The number of aliphatic hydroxyl groups is 1. The van der Waals surface area contributed by atoms with Crippen LogP contribution in [0.15, 0.2) is 66.3 Å². The third-order valence-corrected chi connectivity index (χ3v) is 5.61. The Labute approximate surface area is 217 Å². The summed E-state index contributed by atoms with van der Waals surface area (Å²) in [5.74, 6) is -5.03. The van der Waals surface area contributed by atoms with Crippen LogP contribution in [0.4, 0.5) is 0 Å². The number of aliphatic hydroxyl groups excluding tert-OH is 1. The van der Waals surface area contributed by atoms with Crippen LogP contribution in [0.5, 0.6) is 0 Å². The number of aromatic nitrogens is 1. The van der Waals surface area contributed by atoms with Crippen LogP contribution in [0.25, 0.3) is 0 Å². The summed E-state index contributed by atoms with van der Waals surface area (Å²) in [4.78, 5) is 48.2. The fourth-order valence-electron chi connectivity index (χ4n) is 2.98. The number of rotatable bonds is 9. The van der Waals surface area contributed by atoms with E-state index in [9.17, 15) is 24.3 Å². The Kier molecular flexibility index (Phi) is 14.7. The van der Waals surface area contributed by atoms with Gasteiger partial charge in [-0.2, -0.15) is 0 Å². The van der Waals surface area contributed by atoms with Gasteiger partial charge in [-0.3, -0.25) is 14.8 Å². The Hall–Kier alpha value is -3.91. The van der Waals surface area contributed by atoms with Gasteiger partial charge in [0.1, 0.15) is 6.10 Å². The van der Waals surface area contributed by atoms with Crippen LogP contribution in [-0.2, 0) is 25.7 Å². The number of hydrogen-bond acceptors (Lipinski definition) is 9. The lowest BCUT2D eigenvalue weighted by Crippen LogP contribution is -2.47. The first kappa shape index (κ1) is 31.1. The normalized spacial score (nSPS) is 14.7. The van der Waals surface area contributed by atoms with Gasteiger partial charge in [0.05, 0.1) is 0 Å². The summed E-state index contributed by atoms with van der Waals surface area (Å²) < 4.78 is 0. The maximum atomic E-state index is 10.2. The Morgan fingerprint density at radius 1 is 0.838 bits per heavy atom. The molecule has 0 radical (unpaired) electrons. The van der Waals surface area contributed by atoms with Crippen molar-refractivity contribution in [3.05, 3.63) is 76.8 Å². The van der Waals surface area contributed by atoms with E-state index in [1.54, 1.807) is 11.3 Å². The average molecular weight is 536 g/mol. The molecule has 1 aliphatic rings. The van der Waals surface area contributed by atoms with Gasteiger partial charge in [0, 0.05) is 80.8 Å². The van der Waals surface area contributed by atoms with Crippen LogP contribution in [0.2, 0.25) is 0 Å². The minimum Gasteiger partial charge on any atom is -0.478 e. The lowest BCUT2D eigenvalue weighted by atomic mass is 10.2. The summed E-state index contributed by atoms with van der Waals surface area (Å²) in [6.07, 6.45) is 5.63. The number of carbonyl (C=O) groups is 4. The van der Waals surface area contributed by atoms with Crippen LogP contribution >= 0.6 is 11.3 Å². The van der Waals surface area contributed by atoms with Gasteiger partial charge in [-0.25, -0.2) is 19.2 Å². The molecular weight excluding hydrogens is 506 g/mol. The number of carboxylic acid groups (broad SMARTS) is 4. The predicted octanol–water partition coefficient (Wildman–Crippen LogP) is 1.42. The second-order valence-electron chi connectivity index (χ2n) is 7.49. The van der Waals surface area contributed by atoms with Gasteiger partial charge in [-0.1, -0.05) is 12.1 Å². The molecule has 1 unspecified atom stereocenters. The van der Waals surface area contributed by atoms with Gasteiger partial charge in [0.15, 0.2) is 0 Å². The van der Waals surface area contributed by atoms with Crippen molar-refractivity contribution in [2.24, 2.45) is 0 Å². The van der Waals surface area contributed by atoms with Crippen LogP contribution < -0.4 is 0 Å². The molecular formula is C24H29N3O9S. The fraction of sp³-hybridized carbons (Fsp3) is 0.292. The summed E-state index contributed by atoms with van der Waals surface area (Å²) in [5, 5.41) is 43.5. The molecule has 3 rings (SSSR count). The first-order valence-electron chi connectivity index (χ1n) is 10.9. The number of pyridine rings is 1. The van der Waals surface area contributed by atoms with Gasteiger partial charge < -0.3 is 25.5 Å². The van der Waals surface area contributed by atoms with Crippen molar-refractivity contribution in [2.45, 2.75) is 12.6 Å². The molecule has 0 saturated carbocycles. The molecule has 3 heterocycles. The Balaban J connectivity index is 0.000000355. The zero-order valence-electron chi connectivity index (χ0n) is 19.8. The highest BCUT2D eigenvalue weighted by molar-refractivity contribution is 7.10. The molecule has 2 aromatic heterocycles. The Morgan fingerprint density at radius 3 is 1.76 bits per heavy atom. The van der Waals surface area contributed by atoms with Crippen molar-refractivity contribution >= 4 is 35.2 Å². The molecule has 1 atom stereocenters. The Morgan fingerprint density at radius 2 is 1.35 bits per heavy atom. The van der Waals surface area contributed by atoms with Crippen molar-refractivity contribution < 1.29 is 44.7 Å². The van der Waals surface area contributed by atoms with Crippen LogP contribution in [0.3, 0.4) is 0 Å². The van der Waals surface area contributed by atoms with Gasteiger partial charge >= 0.3 is 23.9 Å². The van der Waals surface area contributed by atoms with E-state index in [0.717, 1.165) is 44.1 Å². The largest absolute Gasteiger partial charge is 0.478 e. The molecule has 1 aliphatic heterocycles. The highest BCUT2D eigenvalue weighted by atomic mass is 32.1. The van der Waals surface area contributed by atoms with Crippen LogP contribution in [-0.4, -0.2) is 96.9 Å². The average Bonchev–Trinajstić information content (AvgIpc) is 3.40. The summed E-state index contributed by atoms with van der Waals surface area (Å²) in [6, 6.07) is 8.12. The van der Waals surface area contributed by atoms with Crippen molar-refractivity contribution in [1.29, 1.82) is 0 Å². The quantitative estimate of drug-likeness (QED) is 0.291. The molecule has 0 bridgehead atoms. The van der Waals surface area contributed by atoms with Crippen LogP contribution in [0.1, 0.15) is 16.5 Å². The molecule has 37 heavy (non-hydrogen) atoms. The topological polar surface area (TPSA) is 189 Å². The number of nitrogens with zero attached hydrogens (tertiary/aromatic N) is 3. The molecule has 1 saturated heterocycles. The molecule has 200 valence electrons. The van der Waals surface area contributed by atoms with Gasteiger partial charge in [-0.05, 0) is 23.1 Å². The smallest absolute Gasteiger partial charge is 0.328 e.